The monoisotopic (exact) mass is 310 g/mol. The van der Waals surface area contributed by atoms with Gasteiger partial charge in [0.15, 0.2) is 0 Å². The van der Waals surface area contributed by atoms with Crippen LogP contribution in [0.25, 0.3) is 0 Å². The molecule has 2 aromatic rings. The summed E-state index contributed by atoms with van der Waals surface area (Å²) in [7, 11) is 0. The Morgan fingerprint density at radius 1 is 1.00 bits per heavy atom. The molecule has 0 aromatic heterocycles. The van der Waals surface area contributed by atoms with Crippen LogP contribution in [-0.2, 0) is 11.2 Å². The predicted octanol–water partition coefficient (Wildman–Crippen LogP) is 4.32. The van der Waals surface area contributed by atoms with Gasteiger partial charge >= 0.3 is 0 Å². The maximum absolute atomic E-state index is 12.1. The smallest absolute Gasteiger partial charge is 0.225 e. The zero-order chi connectivity index (χ0) is 16.7. The second-order valence-electron chi connectivity index (χ2n) is 6.00. The molecular formula is C20H26N2O. The van der Waals surface area contributed by atoms with Crippen LogP contribution in [0.15, 0.2) is 54.6 Å². The number of para-hydroxylation sites is 1. The predicted molar refractivity (Wildman–Crippen MR) is 96.5 cm³/mol. The fraction of sp³-hybridized carbons (Fsp3) is 0.350. The van der Waals surface area contributed by atoms with Crippen molar-refractivity contribution in [3.8, 4) is 0 Å². The van der Waals surface area contributed by atoms with E-state index in [0.717, 1.165) is 12.1 Å². The van der Waals surface area contributed by atoms with Gasteiger partial charge < -0.3 is 10.6 Å². The number of benzene rings is 2. The van der Waals surface area contributed by atoms with Crippen molar-refractivity contribution in [3.63, 3.8) is 0 Å². The highest BCUT2D eigenvalue weighted by Gasteiger charge is 2.13. The van der Waals surface area contributed by atoms with Crippen LogP contribution in [0.5, 0.6) is 0 Å². The molecule has 2 rings (SSSR count). The van der Waals surface area contributed by atoms with Crippen molar-refractivity contribution < 1.29 is 4.79 Å². The van der Waals surface area contributed by atoms with E-state index in [2.05, 4.69) is 48.7 Å². The van der Waals surface area contributed by atoms with Gasteiger partial charge in [-0.25, -0.2) is 0 Å². The fourth-order valence-corrected chi connectivity index (χ4v) is 2.64. The molecule has 0 heterocycles. The van der Waals surface area contributed by atoms with Gasteiger partial charge in [-0.3, -0.25) is 4.79 Å². The van der Waals surface area contributed by atoms with Gasteiger partial charge in [0.25, 0.3) is 0 Å². The first-order valence-corrected chi connectivity index (χ1v) is 8.28. The maximum Gasteiger partial charge on any atom is 0.225 e. The van der Waals surface area contributed by atoms with E-state index in [0.29, 0.717) is 6.42 Å². The molecule has 0 radical (unpaired) electrons. The Hall–Kier alpha value is -2.13. The third kappa shape index (κ3) is 5.53. The molecule has 2 aromatic carbocycles. The molecule has 0 unspecified atom stereocenters. The topological polar surface area (TPSA) is 41.1 Å². The van der Waals surface area contributed by atoms with Gasteiger partial charge in [0.05, 0.1) is 0 Å². The molecule has 3 heteroatoms. The van der Waals surface area contributed by atoms with Crippen molar-refractivity contribution in [1.29, 1.82) is 0 Å². The molecule has 122 valence electrons. The van der Waals surface area contributed by atoms with Crippen LogP contribution >= 0.6 is 0 Å². The Kier molecular flexibility index (Phi) is 6.36. The number of hydrogen-bond donors (Lipinski definition) is 2. The van der Waals surface area contributed by atoms with Gasteiger partial charge in [-0.1, -0.05) is 49.4 Å². The number of aryl methyl sites for hydroxylation is 1. The minimum Gasteiger partial charge on any atom is -0.326 e. The molecule has 0 bridgehead atoms. The average Bonchev–Trinajstić information content (AvgIpc) is 2.55. The molecule has 0 fully saturated rings. The molecule has 1 amide bonds. The quantitative estimate of drug-likeness (QED) is 0.800. The lowest BCUT2D eigenvalue weighted by Gasteiger charge is -2.20. The van der Waals surface area contributed by atoms with Crippen LogP contribution in [0.4, 0.5) is 5.69 Å². The van der Waals surface area contributed by atoms with E-state index in [1.54, 1.807) is 0 Å². The second-order valence-corrected chi connectivity index (χ2v) is 6.00. The standard InChI is InChI=1S/C20H26N2O/c1-4-17-10-12-18(13-11-17)16(3)21-15(2)14-20(23)22-19-8-6-5-7-9-19/h5-13,15-16,21H,4,14H2,1-3H3,(H,22,23)/t15-,16-/m0/s1. The summed E-state index contributed by atoms with van der Waals surface area (Å²) in [6, 6.07) is 18.5. The molecule has 0 aliphatic heterocycles. The summed E-state index contributed by atoms with van der Waals surface area (Å²) >= 11 is 0. The van der Waals surface area contributed by atoms with E-state index in [1.807, 2.05) is 37.3 Å². The number of carbonyl (C=O) groups is 1. The lowest BCUT2D eigenvalue weighted by molar-refractivity contribution is -0.116. The zero-order valence-corrected chi connectivity index (χ0v) is 14.2. The average molecular weight is 310 g/mol. The summed E-state index contributed by atoms with van der Waals surface area (Å²) in [4.78, 5) is 12.1. The normalized spacial score (nSPS) is 13.3. The molecule has 0 spiro atoms. The highest BCUT2D eigenvalue weighted by molar-refractivity contribution is 5.91. The van der Waals surface area contributed by atoms with Crippen molar-refractivity contribution in [3.05, 3.63) is 65.7 Å². The summed E-state index contributed by atoms with van der Waals surface area (Å²) in [5.41, 5.74) is 3.43. The fourth-order valence-electron chi connectivity index (χ4n) is 2.64. The third-order valence-corrected chi connectivity index (χ3v) is 3.97. The van der Waals surface area contributed by atoms with Crippen molar-refractivity contribution in [2.75, 3.05) is 5.32 Å². The van der Waals surface area contributed by atoms with Crippen molar-refractivity contribution in [1.82, 2.24) is 5.32 Å². The molecule has 0 saturated carbocycles. The summed E-state index contributed by atoms with van der Waals surface area (Å²) < 4.78 is 0. The number of amides is 1. The third-order valence-electron chi connectivity index (χ3n) is 3.97. The van der Waals surface area contributed by atoms with Crippen LogP contribution in [0.3, 0.4) is 0 Å². The maximum atomic E-state index is 12.1. The largest absolute Gasteiger partial charge is 0.326 e. The number of anilines is 1. The SMILES string of the molecule is CCc1ccc([C@H](C)N[C@@H](C)CC(=O)Nc2ccccc2)cc1. The Balaban J connectivity index is 1.83. The molecule has 0 aliphatic rings. The van der Waals surface area contributed by atoms with E-state index >= 15 is 0 Å². The van der Waals surface area contributed by atoms with E-state index in [9.17, 15) is 4.79 Å². The van der Waals surface area contributed by atoms with Crippen LogP contribution in [0.2, 0.25) is 0 Å². The van der Waals surface area contributed by atoms with Gasteiger partial charge in [0.2, 0.25) is 5.91 Å². The van der Waals surface area contributed by atoms with E-state index in [1.165, 1.54) is 11.1 Å². The first kappa shape index (κ1) is 17.2. The van der Waals surface area contributed by atoms with E-state index in [4.69, 9.17) is 0 Å². The van der Waals surface area contributed by atoms with Crippen molar-refractivity contribution >= 4 is 11.6 Å². The summed E-state index contributed by atoms with van der Waals surface area (Å²) in [5, 5.41) is 6.41. The minimum atomic E-state index is 0.0322. The van der Waals surface area contributed by atoms with E-state index < -0.39 is 0 Å². The van der Waals surface area contributed by atoms with Gasteiger partial charge in [0.1, 0.15) is 0 Å². The first-order chi connectivity index (χ1) is 11.1. The Bertz CT molecular complexity index is 607. The molecule has 0 saturated heterocycles. The highest BCUT2D eigenvalue weighted by atomic mass is 16.1. The Morgan fingerprint density at radius 2 is 1.65 bits per heavy atom. The van der Waals surface area contributed by atoms with Crippen molar-refractivity contribution in [2.45, 2.75) is 45.7 Å². The highest BCUT2D eigenvalue weighted by Crippen LogP contribution is 2.15. The first-order valence-electron chi connectivity index (χ1n) is 8.28. The van der Waals surface area contributed by atoms with Crippen molar-refractivity contribution in [2.24, 2.45) is 0 Å². The Labute approximate surface area is 139 Å². The second kappa shape index (κ2) is 8.49. The zero-order valence-electron chi connectivity index (χ0n) is 14.2. The lowest BCUT2D eigenvalue weighted by Crippen LogP contribution is -2.32. The number of hydrogen-bond acceptors (Lipinski definition) is 2. The van der Waals surface area contributed by atoms with Gasteiger partial charge in [-0.05, 0) is 43.5 Å². The molecule has 3 nitrogen and oxygen atoms in total. The van der Waals surface area contributed by atoms with Crippen LogP contribution in [0, 0.1) is 0 Å². The minimum absolute atomic E-state index is 0.0322. The van der Waals surface area contributed by atoms with E-state index in [-0.39, 0.29) is 18.0 Å². The molecule has 23 heavy (non-hydrogen) atoms. The number of nitrogens with one attached hydrogen (secondary N) is 2. The Morgan fingerprint density at radius 3 is 2.26 bits per heavy atom. The van der Waals surface area contributed by atoms with Crippen LogP contribution < -0.4 is 10.6 Å². The lowest BCUT2D eigenvalue weighted by atomic mass is 10.0. The summed E-state index contributed by atoms with van der Waals surface area (Å²) in [6.07, 6.45) is 1.50. The van der Waals surface area contributed by atoms with Crippen LogP contribution in [0.1, 0.15) is 44.4 Å². The van der Waals surface area contributed by atoms with Crippen LogP contribution in [-0.4, -0.2) is 11.9 Å². The van der Waals surface area contributed by atoms with Gasteiger partial charge in [-0.2, -0.15) is 0 Å². The summed E-state index contributed by atoms with van der Waals surface area (Å²) in [6.45, 7) is 6.33. The molecule has 2 N–H and O–H groups in total. The molecular weight excluding hydrogens is 284 g/mol. The van der Waals surface area contributed by atoms with Gasteiger partial charge in [0, 0.05) is 24.2 Å². The van der Waals surface area contributed by atoms with Gasteiger partial charge in [-0.15, -0.1) is 0 Å². The summed E-state index contributed by atoms with van der Waals surface area (Å²) in [5.74, 6) is 0.0322. The number of rotatable bonds is 7. The molecule has 0 aliphatic carbocycles. The number of carbonyl (C=O) groups excluding carboxylic acids is 1. The molecule has 2 atom stereocenters.